The molecule has 0 aliphatic rings. The molecule has 0 radical (unpaired) electrons. The number of halogens is 1. The number of aromatic amines is 1. The zero-order valence-electron chi connectivity index (χ0n) is 15.1. The summed E-state index contributed by atoms with van der Waals surface area (Å²) in [7, 11) is 3.03. The smallest absolute Gasteiger partial charge is 0.340 e. The maximum atomic E-state index is 12.6. The molecule has 2 N–H and O–H groups in total. The molecule has 26 heavy (non-hydrogen) atoms. The standard InChI is InChI=1S/C18H21ClN2O5/c1-10-15(18(23)26-8-7-24-3)11(2)20-16(10)17(22)21-12-5-6-14(25-4)13(19)9-12/h5-6,9,20H,7-8H2,1-4H3,(H,21,22). The summed E-state index contributed by atoms with van der Waals surface area (Å²) in [6.07, 6.45) is 0. The number of hydrogen-bond donors (Lipinski definition) is 2. The Morgan fingerprint density at radius 3 is 2.54 bits per heavy atom. The number of amides is 1. The highest BCUT2D eigenvalue weighted by Gasteiger charge is 2.23. The van der Waals surface area contributed by atoms with E-state index in [9.17, 15) is 9.59 Å². The number of benzene rings is 1. The van der Waals surface area contributed by atoms with Gasteiger partial charge in [-0.3, -0.25) is 4.79 Å². The first-order chi connectivity index (χ1) is 12.4. The molecule has 1 aromatic heterocycles. The molecule has 140 valence electrons. The summed E-state index contributed by atoms with van der Waals surface area (Å²) in [6.45, 7) is 3.85. The van der Waals surface area contributed by atoms with Crippen LogP contribution in [0.15, 0.2) is 18.2 Å². The summed E-state index contributed by atoms with van der Waals surface area (Å²) < 4.78 is 15.1. The van der Waals surface area contributed by atoms with Crippen molar-refractivity contribution in [3.63, 3.8) is 0 Å². The number of anilines is 1. The fourth-order valence-corrected chi connectivity index (χ4v) is 2.77. The number of carbonyl (C=O) groups is 2. The van der Waals surface area contributed by atoms with Gasteiger partial charge in [0.05, 0.1) is 24.3 Å². The Labute approximate surface area is 156 Å². The molecule has 1 aromatic carbocycles. The van der Waals surface area contributed by atoms with Gasteiger partial charge in [-0.05, 0) is 37.6 Å². The fourth-order valence-electron chi connectivity index (χ4n) is 2.51. The van der Waals surface area contributed by atoms with Gasteiger partial charge in [-0.15, -0.1) is 0 Å². The lowest BCUT2D eigenvalue weighted by molar-refractivity contribution is 0.0387. The Kier molecular flexibility index (Phi) is 6.65. The minimum atomic E-state index is -0.500. The van der Waals surface area contributed by atoms with E-state index in [4.69, 9.17) is 25.8 Å². The van der Waals surface area contributed by atoms with E-state index < -0.39 is 5.97 Å². The van der Waals surface area contributed by atoms with Crippen LogP contribution in [0.25, 0.3) is 0 Å². The van der Waals surface area contributed by atoms with Gasteiger partial charge in [-0.2, -0.15) is 0 Å². The van der Waals surface area contributed by atoms with E-state index in [0.717, 1.165) is 0 Å². The van der Waals surface area contributed by atoms with Crippen LogP contribution in [0.1, 0.15) is 32.1 Å². The topological polar surface area (TPSA) is 89.7 Å². The number of rotatable bonds is 7. The van der Waals surface area contributed by atoms with Crippen LogP contribution in [-0.2, 0) is 9.47 Å². The van der Waals surface area contributed by atoms with Gasteiger partial charge in [0.2, 0.25) is 0 Å². The Hall–Kier alpha value is -2.51. The van der Waals surface area contributed by atoms with E-state index in [1.807, 2.05) is 0 Å². The van der Waals surface area contributed by atoms with Crippen molar-refractivity contribution in [3.05, 3.63) is 45.7 Å². The highest BCUT2D eigenvalue weighted by molar-refractivity contribution is 6.32. The summed E-state index contributed by atoms with van der Waals surface area (Å²) in [4.78, 5) is 27.7. The predicted molar refractivity (Wildman–Crippen MR) is 98.4 cm³/mol. The van der Waals surface area contributed by atoms with Crippen LogP contribution >= 0.6 is 11.6 Å². The number of nitrogens with one attached hydrogen (secondary N) is 2. The van der Waals surface area contributed by atoms with Crippen molar-refractivity contribution >= 4 is 29.2 Å². The molecule has 0 atom stereocenters. The number of ether oxygens (including phenoxy) is 3. The van der Waals surface area contributed by atoms with Gasteiger partial charge in [-0.1, -0.05) is 11.6 Å². The van der Waals surface area contributed by atoms with Gasteiger partial charge in [0.25, 0.3) is 5.91 Å². The van der Waals surface area contributed by atoms with E-state index in [1.165, 1.54) is 14.2 Å². The number of esters is 1. The molecule has 0 aliphatic carbocycles. The van der Waals surface area contributed by atoms with Crippen LogP contribution in [-0.4, -0.2) is 44.3 Å². The van der Waals surface area contributed by atoms with Crippen molar-refractivity contribution in [1.82, 2.24) is 4.98 Å². The van der Waals surface area contributed by atoms with Crippen molar-refractivity contribution in [2.24, 2.45) is 0 Å². The molecule has 1 heterocycles. The number of H-pyrrole nitrogens is 1. The molecular weight excluding hydrogens is 360 g/mol. The normalized spacial score (nSPS) is 10.5. The predicted octanol–water partition coefficient (Wildman–Crippen LogP) is 3.35. The minimum Gasteiger partial charge on any atom is -0.495 e. The number of methoxy groups -OCH3 is 2. The molecule has 0 spiro atoms. The molecular formula is C18H21ClN2O5. The van der Waals surface area contributed by atoms with Crippen molar-refractivity contribution in [1.29, 1.82) is 0 Å². The van der Waals surface area contributed by atoms with Crippen LogP contribution < -0.4 is 10.1 Å². The first-order valence-electron chi connectivity index (χ1n) is 7.89. The Bertz CT molecular complexity index is 816. The number of aryl methyl sites for hydroxylation is 1. The van der Waals surface area contributed by atoms with E-state index >= 15 is 0 Å². The van der Waals surface area contributed by atoms with E-state index in [1.54, 1.807) is 32.0 Å². The van der Waals surface area contributed by atoms with Crippen molar-refractivity contribution < 1.29 is 23.8 Å². The molecule has 0 saturated carbocycles. The third kappa shape index (κ3) is 4.36. The number of hydrogen-bond acceptors (Lipinski definition) is 5. The highest BCUT2D eigenvalue weighted by Crippen LogP contribution is 2.28. The molecule has 2 rings (SSSR count). The molecule has 7 nitrogen and oxygen atoms in total. The van der Waals surface area contributed by atoms with Gasteiger partial charge < -0.3 is 24.5 Å². The summed E-state index contributed by atoms with van der Waals surface area (Å²) in [5.41, 5.74) is 2.22. The molecule has 0 aliphatic heterocycles. The van der Waals surface area contributed by atoms with Gasteiger partial charge in [0, 0.05) is 18.5 Å². The Balaban J connectivity index is 2.18. The second-order valence-electron chi connectivity index (χ2n) is 5.56. The van der Waals surface area contributed by atoms with Crippen LogP contribution in [0.4, 0.5) is 5.69 Å². The lowest BCUT2D eigenvalue weighted by Gasteiger charge is -2.08. The van der Waals surface area contributed by atoms with Crippen LogP contribution in [0.3, 0.4) is 0 Å². The quantitative estimate of drug-likeness (QED) is 0.568. The maximum Gasteiger partial charge on any atom is 0.340 e. The van der Waals surface area contributed by atoms with E-state index in [0.29, 0.717) is 39.9 Å². The van der Waals surface area contributed by atoms with Gasteiger partial charge in [-0.25, -0.2) is 4.79 Å². The summed E-state index contributed by atoms with van der Waals surface area (Å²) in [5.74, 6) is -0.375. The second-order valence-corrected chi connectivity index (χ2v) is 5.96. The minimum absolute atomic E-state index is 0.144. The zero-order valence-corrected chi connectivity index (χ0v) is 15.8. The zero-order chi connectivity index (χ0) is 19.3. The Morgan fingerprint density at radius 2 is 1.92 bits per heavy atom. The summed E-state index contributed by atoms with van der Waals surface area (Å²) >= 11 is 6.07. The largest absolute Gasteiger partial charge is 0.495 e. The monoisotopic (exact) mass is 380 g/mol. The van der Waals surface area contributed by atoms with Crippen molar-refractivity contribution in [2.45, 2.75) is 13.8 Å². The fraction of sp³-hybridized carbons (Fsp3) is 0.333. The summed E-state index contributed by atoms with van der Waals surface area (Å²) in [6, 6.07) is 4.92. The second kappa shape index (κ2) is 8.73. The third-order valence-electron chi connectivity index (χ3n) is 3.80. The van der Waals surface area contributed by atoms with Gasteiger partial charge in [0.1, 0.15) is 18.1 Å². The number of aromatic nitrogens is 1. The molecule has 8 heteroatoms. The first-order valence-corrected chi connectivity index (χ1v) is 8.27. The van der Waals surface area contributed by atoms with Crippen LogP contribution in [0.2, 0.25) is 5.02 Å². The molecule has 1 amide bonds. The lowest BCUT2D eigenvalue weighted by Crippen LogP contribution is -2.14. The molecule has 0 fully saturated rings. The first kappa shape index (κ1) is 19.8. The summed E-state index contributed by atoms with van der Waals surface area (Å²) in [5, 5.41) is 3.12. The molecule has 2 aromatic rings. The van der Waals surface area contributed by atoms with Crippen molar-refractivity contribution in [2.75, 3.05) is 32.8 Å². The van der Waals surface area contributed by atoms with Crippen molar-refractivity contribution in [3.8, 4) is 5.75 Å². The van der Waals surface area contributed by atoms with Crippen LogP contribution in [0.5, 0.6) is 5.75 Å². The van der Waals surface area contributed by atoms with Crippen LogP contribution in [0, 0.1) is 13.8 Å². The van der Waals surface area contributed by atoms with Gasteiger partial charge in [0.15, 0.2) is 0 Å². The van der Waals surface area contributed by atoms with E-state index in [-0.39, 0.29) is 18.2 Å². The SMILES string of the molecule is COCCOC(=O)c1c(C)[nH]c(C(=O)Nc2ccc(OC)c(Cl)c2)c1C. The van der Waals surface area contributed by atoms with Gasteiger partial charge >= 0.3 is 5.97 Å². The third-order valence-corrected chi connectivity index (χ3v) is 4.09. The molecule has 0 bridgehead atoms. The van der Waals surface area contributed by atoms with E-state index in [2.05, 4.69) is 10.3 Å². The average molecular weight is 381 g/mol. The molecule has 0 saturated heterocycles. The maximum absolute atomic E-state index is 12.6. The average Bonchev–Trinajstić information content (AvgIpc) is 2.90. The number of carbonyl (C=O) groups excluding carboxylic acids is 2. The lowest BCUT2D eigenvalue weighted by atomic mass is 10.1. The highest BCUT2D eigenvalue weighted by atomic mass is 35.5. The Morgan fingerprint density at radius 1 is 1.19 bits per heavy atom. The molecule has 0 unspecified atom stereocenters.